The predicted molar refractivity (Wildman–Crippen MR) is 95.8 cm³/mol. The van der Waals surface area contributed by atoms with Crippen LogP contribution in [0.4, 0.5) is 0 Å². The molecule has 2 aromatic rings. The molecule has 0 saturated carbocycles. The van der Waals surface area contributed by atoms with Crippen molar-refractivity contribution >= 4 is 21.8 Å². The van der Waals surface area contributed by atoms with Gasteiger partial charge in [-0.3, -0.25) is 4.79 Å². The summed E-state index contributed by atoms with van der Waals surface area (Å²) in [6.07, 6.45) is -0.311. The lowest BCUT2D eigenvalue weighted by atomic mass is 10.1. The summed E-state index contributed by atoms with van der Waals surface area (Å²) in [5, 5.41) is 2.89. The fourth-order valence-electron chi connectivity index (χ4n) is 2.34. The second kappa shape index (κ2) is 8.70. The summed E-state index contributed by atoms with van der Waals surface area (Å²) in [6, 6.07) is 12.8. The van der Waals surface area contributed by atoms with Crippen molar-refractivity contribution in [1.82, 2.24) is 5.32 Å². The molecule has 1 N–H and O–H groups in total. The number of para-hydroxylation sites is 1. The van der Waals surface area contributed by atoms with Crippen LogP contribution in [0.1, 0.15) is 22.0 Å². The van der Waals surface area contributed by atoms with E-state index in [0.717, 1.165) is 11.3 Å². The maximum absolute atomic E-state index is 12.5. The van der Waals surface area contributed by atoms with Crippen LogP contribution in [0.5, 0.6) is 11.5 Å². The van der Waals surface area contributed by atoms with E-state index in [1.807, 2.05) is 24.3 Å². The van der Waals surface area contributed by atoms with Gasteiger partial charge < -0.3 is 19.5 Å². The Morgan fingerprint density at radius 3 is 2.54 bits per heavy atom. The Kier molecular flexibility index (Phi) is 6.63. The fourth-order valence-corrected chi connectivity index (χ4v) is 2.77. The van der Waals surface area contributed by atoms with E-state index in [4.69, 9.17) is 14.2 Å². The van der Waals surface area contributed by atoms with Crippen molar-refractivity contribution in [2.24, 2.45) is 0 Å². The molecule has 24 heavy (non-hydrogen) atoms. The third-order valence-electron chi connectivity index (χ3n) is 3.64. The Bertz CT molecular complexity index is 705. The van der Waals surface area contributed by atoms with Gasteiger partial charge in [0.15, 0.2) is 0 Å². The van der Waals surface area contributed by atoms with Gasteiger partial charge in [-0.05, 0) is 40.2 Å². The maximum Gasteiger partial charge on any atom is 0.252 e. The molecule has 5 nitrogen and oxygen atoms in total. The number of carbonyl (C=O) groups excluding carboxylic acids is 1. The monoisotopic (exact) mass is 393 g/mol. The zero-order valence-electron chi connectivity index (χ0n) is 13.8. The number of hydrogen-bond donors (Lipinski definition) is 1. The summed E-state index contributed by atoms with van der Waals surface area (Å²) in [6.45, 7) is 0.319. The molecule has 0 aliphatic rings. The third-order valence-corrected chi connectivity index (χ3v) is 4.33. The van der Waals surface area contributed by atoms with E-state index < -0.39 is 0 Å². The molecule has 0 spiro atoms. The maximum atomic E-state index is 12.5. The number of ether oxygens (including phenoxy) is 3. The van der Waals surface area contributed by atoms with Crippen molar-refractivity contribution in [2.45, 2.75) is 6.10 Å². The molecule has 128 valence electrons. The molecule has 1 unspecified atom stereocenters. The van der Waals surface area contributed by atoms with Crippen molar-refractivity contribution in [1.29, 1.82) is 0 Å². The number of halogens is 1. The second-order valence-electron chi connectivity index (χ2n) is 5.02. The number of amides is 1. The van der Waals surface area contributed by atoms with Crippen molar-refractivity contribution < 1.29 is 19.0 Å². The van der Waals surface area contributed by atoms with Crippen LogP contribution < -0.4 is 14.8 Å². The van der Waals surface area contributed by atoms with Crippen LogP contribution in [0.2, 0.25) is 0 Å². The molecule has 1 atom stereocenters. The first-order chi connectivity index (χ1) is 11.6. The lowest BCUT2D eigenvalue weighted by Crippen LogP contribution is -2.29. The van der Waals surface area contributed by atoms with Crippen LogP contribution in [0, 0.1) is 0 Å². The Morgan fingerprint density at radius 1 is 1.12 bits per heavy atom. The minimum Gasteiger partial charge on any atom is -0.497 e. The van der Waals surface area contributed by atoms with Gasteiger partial charge in [0.1, 0.15) is 17.6 Å². The van der Waals surface area contributed by atoms with Crippen molar-refractivity contribution in [3.63, 3.8) is 0 Å². The quantitative estimate of drug-likeness (QED) is 0.780. The SMILES string of the molecule is COc1ccc(Br)c(C(=O)NCC(OC)c2ccccc2OC)c1. The van der Waals surface area contributed by atoms with E-state index in [2.05, 4.69) is 21.2 Å². The number of hydrogen-bond acceptors (Lipinski definition) is 4. The molecule has 0 fully saturated rings. The van der Waals surface area contributed by atoms with Crippen LogP contribution >= 0.6 is 15.9 Å². The molecular formula is C18H20BrNO4. The van der Waals surface area contributed by atoms with Gasteiger partial charge in [0, 0.05) is 23.7 Å². The van der Waals surface area contributed by atoms with Crippen LogP contribution in [-0.2, 0) is 4.74 Å². The van der Waals surface area contributed by atoms with E-state index in [0.29, 0.717) is 22.3 Å². The first-order valence-corrected chi connectivity index (χ1v) is 8.17. The van der Waals surface area contributed by atoms with Crippen LogP contribution in [0.15, 0.2) is 46.9 Å². The Hall–Kier alpha value is -2.05. The van der Waals surface area contributed by atoms with E-state index in [1.165, 1.54) is 0 Å². The summed E-state index contributed by atoms with van der Waals surface area (Å²) < 4.78 is 16.7. The average molecular weight is 394 g/mol. The first-order valence-electron chi connectivity index (χ1n) is 7.38. The van der Waals surface area contributed by atoms with E-state index in [-0.39, 0.29) is 12.0 Å². The number of nitrogens with one attached hydrogen (secondary N) is 1. The van der Waals surface area contributed by atoms with E-state index in [9.17, 15) is 4.79 Å². The minimum absolute atomic E-state index is 0.210. The Labute approximate surface area is 150 Å². The molecule has 0 aliphatic carbocycles. The van der Waals surface area contributed by atoms with Gasteiger partial charge in [-0.15, -0.1) is 0 Å². The van der Waals surface area contributed by atoms with Gasteiger partial charge in [0.2, 0.25) is 0 Å². The van der Waals surface area contributed by atoms with E-state index >= 15 is 0 Å². The number of carbonyl (C=O) groups is 1. The molecule has 0 saturated heterocycles. The smallest absolute Gasteiger partial charge is 0.252 e. The highest BCUT2D eigenvalue weighted by atomic mass is 79.9. The highest BCUT2D eigenvalue weighted by Crippen LogP contribution is 2.27. The summed E-state index contributed by atoms with van der Waals surface area (Å²) in [4.78, 5) is 12.5. The molecular weight excluding hydrogens is 374 g/mol. The molecule has 0 bridgehead atoms. The van der Waals surface area contributed by atoms with Crippen molar-refractivity contribution in [3.8, 4) is 11.5 Å². The lowest BCUT2D eigenvalue weighted by molar-refractivity contribution is 0.0818. The van der Waals surface area contributed by atoms with Crippen LogP contribution in [0.3, 0.4) is 0 Å². The molecule has 2 rings (SSSR count). The minimum atomic E-state index is -0.311. The van der Waals surface area contributed by atoms with Crippen LogP contribution in [-0.4, -0.2) is 33.8 Å². The predicted octanol–water partition coefficient (Wildman–Crippen LogP) is 3.58. The van der Waals surface area contributed by atoms with E-state index in [1.54, 1.807) is 39.5 Å². The zero-order valence-corrected chi connectivity index (χ0v) is 15.4. The lowest BCUT2D eigenvalue weighted by Gasteiger charge is -2.19. The third kappa shape index (κ3) is 4.27. The van der Waals surface area contributed by atoms with Gasteiger partial charge in [-0.25, -0.2) is 0 Å². The largest absolute Gasteiger partial charge is 0.497 e. The summed E-state index contributed by atoms with van der Waals surface area (Å²) in [7, 11) is 4.77. The Morgan fingerprint density at radius 2 is 1.88 bits per heavy atom. The van der Waals surface area contributed by atoms with Gasteiger partial charge in [0.25, 0.3) is 5.91 Å². The normalized spacial score (nSPS) is 11.7. The summed E-state index contributed by atoms with van der Waals surface area (Å²) in [5.41, 5.74) is 1.39. The molecule has 0 aliphatic heterocycles. The molecule has 0 heterocycles. The standard InChI is InChI=1S/C18H20BrNO4/c1-22-12-8-9-15(19)14(10-12)18(21)20-11-17(24-3)13-6-4-5-7-16(13)23-2/h4-10,17H,11H2,1-3H3,(H,20,21). The molecule has 2 aromatic carbocycles. The number of benzene rings is 2. The van der Waals surface area contributed by atoms with Gasteiger partial charge in [-0.1, -0.05) is 18.2 Å². The second-order valence-corrected chi connectivity index (χ2v) is 5.88. The molecule has 1 amide bonds. The number of rotatable bonds is 7. The van der Waals surface area contributed by atoms with Crippen molar-refractivity contribution in [2.75, 3.05) is 27.9 Å². The number of methoxy groups -OCH3 is 3. The summed E-state index contributed by atoms with van der Waals surface area (Å²) in [5.74, 6) is 1.13. The fraction of sp³-hybridized carbons (Fsp3) is 0.278. The Balaban J connectivity index is 2.12. The first kappa shape index (κ1) is 18.3. The topological polar surface area (TPSA) is 56.8 Å². The molecule has 6 heteroatoms. The van der Waals surface area contributed by atoms with Gasteiger partial charge >= 0.3 is 0 Å². The van der Waals surface area contributed by atoms with Crippen molar-refractivity contribution in [3.05, 3.63) is 58.1 Å². The summed E-state index contributed by atoms with van der Waals surface area (Å²) >= 11 is 3.38. The van der Waals surface area contributed by atoms with Gasteiger partial charge in [-0.2, -0.15) is 0 Å². The molecule has 0 aromatic heterocycles. The highest BCUT2D eigenvalue weighted by molar-refractivity contribution is 9.10. The van der Waals surface area contributed by atoms with Crippen LogP contribution in [0.25, 0.3) is 0 Å². The zero-order chi connectivity index (χ0) is 17.5. The highest BCUT2D eigenvalue weighted by Gasteiger charge is 2.18. The van der Waals surface area contributed by atoms with Gasteiger partial charge in [0.05, 0.1) is 19.8 Å². The average Bonchev–Trinajstić information content (AvgIpc) is 2.62. The molecule has 0 radical (unpaired) electrons.